The van der Waals surface area contributed by atoms with Crippen molar-refractivity contribution < 1.29 is 0 Å². The molecule has 0 saturated heterocycles. The molecule has 114 valence electrons. The molecule has 0 radical (unpaired) electrons. The largest absolute Gasteiger partial charge is 0.0654 e. The Kier molecular flexibility index (Phi) is 5.11. The lowest BCUT2D eigenvalue weighted by atomic mass is 9.95. The number of unbranched alkanes of at least 4 members (excludes halogenated alkanes) is 5. The fraction of sp³-hybridized carbons (Fsp3) is 0.364. The monoisotopic (exact) mass is 290 g/mol. The van der Waals surface area contributed by atoms with Crippen LogP contribution < -0.4 is 0 Å². The predicted molar refractivity (Wildman–Crippen MR) is 98.5 cm³/mol. The molecule has 3 rings (SSSR count). The van der Waals surface area contributed by atoms with Crippen molar-refractivity contribution in [2.24, 2.45) is 0 Å². The quantitative estimate of drug-likeness (QED) is 0.328. The Bertz CT molecular complexity index is 739. The van der Waals surface area contributed by atoms with Crippen LogP contribution in [0.2, 0.25) is 0 Å². The highest BCUT2D eigenvalue weighted by Crippen LogP contribution is 2.28. The second kappa shape index (κ2) is 7.45. The van der Waals surface area contributed by atoms with E-state index in [0.29, 0.717) is 0 Å². The Hall–Kier alpha value is -1.82. The summed E-state index contributed by atoms with van der Waals surface area (Å²) in [7, 11) is 0. The molecule has 0 aromatic heterocycles. The highest BCUT2D eigenvalue weighted by molar-refractivity contribution is 6.08. The average Bonchev–Trinajstić information content (AvgIpc) is 2.58. The van der Waals surface area contributed by atoms with E-state index in [-0.39, 0.29) is 0 Å². The third-order valence-electron chi connectivity index (χ3n) is 4.68. The van der Waals surface area contributed by atoms with Crippen LogP contribution in [0.5, 0.6) is 0 Å². The summed E-state index contributed by atoms with van der Waals surface area (Å²) >= 11 is 0. The minimum atomic E-state index is 1.21. The van der Waals surface area contributed by atoms with Crippen LogP contribution in [-0.4, -0.2) is 0 Å². The minimum absolute atomic E-state index is 1.21. The Labute approximate surface area is 134 Å². The molecule has 0 atom stereocenters. The average molecular weight is 290 g/mol. The molecule has 0 aliphatic carbocycles. The number of hydrogen-bond acceptors (Lipinski definition) is 0. The predicted octanol–water partition coefficient (Wildman–Crippen LogP) is 6.90. The van der Waals surface area contributed by atoms with Crippen LogP contribution in [-0.2, 0) is 6.42 Å². The Balaban J connectivity index is 1.77. The van der Waals surface area contributed by atoms with Gasteiger partial charge in [0.05, 0.1) is 0 Å². The summed E-state index contributed by atoms with van der Waals surface area (Å²) in [6.07, 6.45) is 9.40. The third-order valence-corrected chi connectivity index (χ3v) is 4.68. The van der Waals surface area contributed by atoms with Crippen molar-refractivity contribution in [1.82, 2.24) is 0 Å². The smallest absolute Gasteiger partial charge is 0.0103 e. The van der Waals surface area contributed by atoms with Crippen LogP contribution in [0.4, 0.5) is 0 Å². The fourth-order valence-corrected chi connectivity index (χ4v) is 3.42. The van der Waals surface area contributed by atoms with Crippen molar-refractivity contribution in [1.29, 1.82) is 0 Å². The summed E-state index contributed by atoms with van der Waals surface area (Å²) in [6.45, 7) is 2.28. The van der Waals surface area contributed by atoms with Gasteiger partial charge in [0, 0.05) is 0 Å². The van der Waals surface area contributed by atoms with Gasteiger partial charge in [0.25, 0.3) is 0 Å². The summed E-state index contributed by atoms with van der Waals surface area (Å²) in [5.74, 6) is 0. The van der Waals surface area contributed by atoms with Gasteiger partial charge in [0.1, 0.15) is 0 Å². The third kappa shape index (κ3) is 3.32. The van der Waals surface area contributed by atoms with E-state index in [2.05, 4.69) is 61.5 Å². The summed E-state index contributed by atoms with van der Waals surface area (Å²) in [4.78, 5) is 0. The SMILES string of the molecule is CCCCCCCCc1cccc2c1ccc1ccccc12. The molecule has 0 amide bonds. The lowest BCUT2D eigenvalue weighted by Gasteiger charge is -2.09. The van der Waals surface area contributed by atoms with Crippen LogP contribution in [0, 0.1) is 0 Å². The first-order valence-corrected chi connectivity index (χ1v) is 8.79. The zero-order valence-corrected chi connectivity index (χ0v) is 13.6. The highest BCUT2D eigenvalue weighted by atomic mass is 14.1. The maximum Gasteiger partial charge on any atom is -0.0103 e. The van der Waals surface area contributed by atoms with Gasteiger partial charge in [-0.05, 0) is 39.9 Å². The Morgan fingerprint density at radius 3 is 2.27 bits per heavy atom. The van der Waals surface area contributed by atoms with Crippen LogP contribution in [0.15, 0.2) is 54.6 Å². The molecule has 0 unspecified atom stereocenters. The number of fused-ring (bicyclic) bond motifs is 3. The van der Waals surface area contributed by atoms with Crippen LogP contribution in [0.3, 0.4) is 0 Å². The lowest BCUT2D eigenvalue weighted by molar-refractivity contribution is 0.608. The van der Waals surface area contributed by atoms with Crippen LogP contribution in [0.25, 0.3) is 21.5 Å². The van der Waals surface area contributed by atoms with Crippen molar-refractivity contribution in [3.8, 4) is 0 Å². The number of rotatable bonds is 7. The zero-order chi connectivity index (χ0) is 15.2. The Morgan fingerprint density at radius 1 is 0.591 bits per heavy atom. The molecule has 3 aromatic rings. The van der Waals surface area contributed by atoms with Gasteiger partial charge in [-0.15, -0.1) is 0 Å². The fourth-order valence-electron chi connectivity index (χ4n) is 3.42. The number of benzene rings is 3. The molecule has 0 saturated carbocycles. The van der Waals surface area contributed by atoms with E-state index in [0.717, 1.165) is 0 Å². The van der Waals surface area contributed by atoms with Crippen molar-refractivity contribution in [2.45, 2.75) is 51.9 Å². The number of hydrogen-bond donors (Lipinski definition) is 0. The lowest BCUT2D eigenvalue weighted by Crippen LogP contribution is -1.89. The van der Waals surface area contributed by atoms with Crippen LogP contribution >= 0.6 is 0 Å². The van der Waals surface area contributed by atoms with E-state index in [1.54, 1.807) is 0 Å². The first-order chi connectivity index (χ1) is 10.9. The van der Waals surface area contributed by atoms with Gasteiger partial charge < -0.3 is 0 Å². The van der Waals surface area contributed by atoms with E-state index in [1.165, 1.54) is 72.1 Å². The molecule has 22 heavy (non-hydrogen) atoms. The minimum Gasteiger partial charge on any atom is -0.0654 e. The molecule has 0 aliphatic heterocycles. The first-order valence-electron chi connectivity index (χ1n) is 8.79. The Morgan fingerprint density at radius 2 is 1.36 bits per heavy atom. The molecule has 0 N–H and O–H groups in total. The van der Waals surface area contributed by atoms with Gasteiger partial charge in [-0.1, -0.05) is 93.6 Å². The van der Waals surface area contributed by atoms with Gasteiger partial charge in [0.2, 0.25) is 0 Å². The second-order valence-corrected chi connectivity index (χ2v) is 6.32. The van der Waals surface area contributed by atoms with Gasteiger partial charge >= 0.3 is 0 Å². The van der Waals surface area contributed by atoms with Gasteiger partial charge in [-0.25, -0.2) is 0 Å². The number of aryl methyl sites for hydroxylation is 1. The molecule has 0 aliphatic rings. The van der Waals surface area contributed by atoms with E-state index in [4.69, 9.17) is 0 Å². The van der Waals surface area contributed by atoms with Gasteiger partial charge in [-0.2, -0.15) is 0 Å². The molecule has 0 heterocycles. The summed E-state index contributed by atoms with van der Waals surface area (Å²) in [5, 5.41) is 5.56. The second-order valence-electron chi connectivity index (χ2n) is 6.32. The molecule has 0 nitrogen and oxygen atoms in total. The maximum absolute atomic E-state index is 2.31. The summed E-state index contributed by atoms with van der Waals surface area (Å²) < 4.78 is 0. The molecule has 0 fully saturated rings. The van der Waals surface area contributed by atoms with Gasteiger partial charge in [0.15, 0.2) is 0 Å². The van der Waals surface area contributed by atoms with Crippen molar-refractivity contribution in [3.63, 3.8) is 0 Å². The molecule has 0 spiro atoms. The molecular weight excluding hydrogens is 264 g/mol. The van der Waals surface area contributed by atoms with Crippen LogP contribution in [0.1, 0.15) is 51.0 Å². The van der Waals surface area contributed by atoms with Crippen molar-refractivity contribution in [2.75, 3.05) is 0 Å². The zero-order valence-electron chi connectivity index (χ0n) is 13.6. The van der Waals surface area contributed by atoms with E-state index in [9.17, 15) is 0 Å². The van der Waals surface area contributed by atoms with Gasteiger partial charge in [-0.3, -0.25) is 0 Å². The summed E-state index contributed by atoms with van der Waals surface area (Å²) in [5.41, 5.74) is 1.51. The molecule has 0 heteroatoms. The first kappa shape index (κ1) is 15.1. The molecular formula is C22H26. The summed E-state index contributed by atoms with van der Waals surface area (Å²) in [6, 6.07) is 20.1. The van der Waals surface area contributed by atoms with E-state index >= 15 is 0 Å². The standard InChI is InChI=1S/C22H26/c1-2-3-4-5-6-7-11-18-13-10-15-22-20-14-9-8-12-19(20)16-17-21(18)22/h8-10,12-17H,2-7,11H2,1H3. The normalized spacial score (nSPS) is 11.3. The van der Waals surface area contributed by atoms with E-state index < -0.39 is 0 Å². The topological polar surface area (TPSA) is 0 Å². The molecule has 0 bridgehead atoms. The maximum atomic E-state index is 2.31. The highest BCUT2D eigenvalue weighted by Gasteiger charge is 2.04. The van der Waals surface area contributed by atoms with Crippen molar-refractivity contribution in [3.05, 3.63) is 60.2 Å². The molecule has 3 aromatic carbocycles. The van der Waals surface area contributed by atoms with E-state index in [1.807, 2.05) is 0 Å². The van der Waals surface area contributed by atoms with Crippen molar-refractivity contribution >= 4 is 21.5 Å².